The Kier molecular flexibility index (Phi) is 7.35. The first kappa shape index (κ1) is 25.3. The number of hydrogen-bond acceptors (Lipinski definition) is 6. The molecular weight excluding hydrogens is 529 g/mol. The van der Waals surface area contributed by atoms with Gasteiger partial charge in [0.05, 0.1) is 25.3 Å². The molecule has 0 saturated heterocycles. The smallest absolute Gasteiger partial charge is 0.337 e. The lowest BCUT2D eigenvalue weighted by Gasteiger charge is -2.21. The maximum atomic E-state index is 13.8. The van der Waals surface area contributed by atoms with Gasteiger partial charge in [-0.15, -0.1) is 0 Å². The van der Waals surface area contributed by atoms with E-state index in [1.807, 2.05) is 13.8 Å². The fraction of sp³-hybridized carbons (Fsp3) is 0.179. The Labute approximate surface area is 216 Å². The fourth-order valence-corrected chi connectivity index (χ4v) is 4.45. The number of pyridine rings is 1. The van der Waals surface area contributed by atoms with E-state index in [0.717, 1.165) is 28.4 Å². The van der Waals surface area contributed by atoms with E-state index >= 15 is 0 Å². The topological polar surface area (TPSA) is 74.7 Å². The quantitative estimate of drug-likeness (QED) is 0.177. The highest BCUT2D eigenvalue weighted by molar-refractivity contribution is 9.10. The monoisotopic (exact) mass is 551 g/mol. The molecule has 0 spiro atoms. The second-order valence-corrected chi connectivity index (χ2v) is 9.19. The Hall–Kier alpha value is -3.78. The molecule has 0 radical (unpaired) electrons. The zero-order valence-corrected chi connectivity index (χ0v) is 21.7. The van der Waals surface area contributed by atoms with Gasteiger partial charge in [0.1, 0.15) is 5.82 Å². The van der Waals surface area contributed by atoms with E-state index < -0.39 is 5.97 Å². The number of rotatable bonds is 7. The lowest BCUT2D eigenvalue weighted by atomic mass is 9.89. The molecule has 8 heteroatoms. The number of nitrogens with zero attached hydrogens (tertiary/aromatic N) is 1. The predicted molar refractivity (Wildman–Crippen MR) is 139 cm³/mol. The number of aldehydes is 1. The van der Waals surface area contributed by atoms with Crippen LogP contribution >= 0.6 is 15.9 Å². The first-order valence-corrected chi connectivity index (χ1v) is 11.9. The third-order valence-corrected chi connectivity index (χ3v) is 6.42. The highest BCUT2D eigenvalue weighted by atomic mass is 79.9. The molecule has 36 heavy (non-hydrogen) atoms. The number of ether oxygens (including phenoxy) is 3. The average molecular weight is 552 g/mol. The van der Waals surface area contributed by atoms with Gasteiger partial charge in [0.25, 0.3) is 0 Å². The van der Waals surface area contributed by atoms with Crippen molar-refractivity contribution in [3.05, 3.63) is 81.6 Å². The molecule has 3 aromatic carbocycles. The van der Waals surface area contributed by atoms with E-state index in [4.69, 9.17) is 19.2 Å². The fourth-order valence-electron chi connectivity index (χ4n) is 4.03. The summed E-state index contributed by atoms with van der Waals surface area (Å²) in [6.45, 7) is 4.00. The van der Waals surface area contributed by atoms with Crippen molar-refractivity contribution in [1.82, 2.24) is 4.98 Å². The molecule has 1 aromatic heterocycles. The summed E-state index contributed by atoms with van der Waals surface area (Å²) < 4.78 is 30.9. The van der Waals surface area contributed by atoms with Crippen molar-refractivity contribution in [3.63, 3.8) is 0 Å². The van der Waals surface area contributed by atoms with E-state index in [0.29, 0.717) is 38.5 Å². The van der Waals surface area contributed by atoms with Gasteiger partial charge < -0.3 is 14.2 Å². The van der Waals surface area contributed by atoms with Crippen LogP contribution in [-0.4, -0.2) is 31.5 Å². The number of fused-ring (bicyclic) bond motifs is 1. The molecule has 0 N–H and O–H groups in total. The van der Waals surface area contributed by atoms with Crippen LogP contribution in [0, 0.1) is 5.82 Å². The van der Waals surface area contributed by atoms with Gasteiger partial charge in [-0.1, -0.05) is 26.0 Å². The van der Waals surface area contributed by atoms with Crippen LogP contribution in [0.3, 0.4) is 0 Å². The number of methoxy groups -OCH3 is 2. The summed E-state index contributed by atoms with van der Waals surface area (Å²) in [7, 11) is 2.78. The van der Waals surface area contributed by atoms with E-state index in [2.05, 4.69) is 15.9 Å². The number of halogens is 2. The largest absolute Gasteiger partial charge is 0.493 e. The van der Waals surface area contributed by atoms with Crippen LogP contribution in [0.15, 0.2) is 59.1 Å². The first-order valence-electron chi connectivity index (χ1n) is 11.1. The summed E-state index contributed by atoms with van der Waals surface area (Å²) in [6.07, 6.45) is 0.769. The van der Waals surface area contributed by atoms with Crippen LogP contribution in [0.25, 0.3) is 22.0 Å². The Morgan fingerprint density at radius 1 is 1.03 bits per heavy atom. The van der Waals surface area contributed by atoms with Gasteiger partial charge in [-0.25, -0.2) is 14.2 Å². The van der Waals surface area contributed by atoms with Crippen molar-refractivity contribution in [2.75, 3.05) is 14.2 Å². The summed E-state index contributed by atoms with van der Waals surface area (Å²) in [5.41, 5.74) is 3.67. The maximum Gasteiger partial charge on any atom is 0.337 e. The van der Waals surface area contributed by atoms with E-state index in [1.165, 1.54) is 32.4 Å². The van der Waals surface area contributed by atoms with Crippen LogP contribution in [0.4, 0.5) is 4.39 Å². The number of aromatic nitrogens is 1. The number of carbonyl (C=O) groups is 2. The molecule has 0 unspecified atom stereocenters. The molecule has 0 amide bonds. The third kappa shape index (κ3) is 4.81. The summed E-state index contributed by atoms with van der Waals surface area (Å²) in [6, 6.07) is 14.4. The van der Waals surface area contributed by atoms with E-state index in [9.17, 15) is 14.0 Å². The summed E-state index contributed by atoms with van der Waals surface area (Å²) in [4.78, 5) is 28.4. The summed E-state index contributed by atoms with van der Waals surface area (Å²) in [5, 5.41) is 0.732. The molecule has 4 rings (SSSR count). The first-order chi connectivity index (χ1) is 17.3. The summed E-state index contributed by atoms with van der Waals surface area (Å²) >= 11 is 3.43. The standard InChI is InChI=1S/C28H23BrFNO5/c1-15(2)25-26(16-5-8-19(30)9-6-16)20-11-18(14-32)21(29)13-22(20)31-27(25)36-23-10-7-17(28(33)35-4)12-24(23)34-3/h5-15H,1-4H3. The van der Waals surface area contributed by atoms with E-state index in [1.54, 1.807) is 36.4 Å². The third-order valence-electron chi connectivity index (χ3n) is 5.73. The zero-order valence-electron chi connectivity index (χ0n) is 20.1. The van der Waals surface area contributed by atoms with Crippen LogP contribution in [0.2, 0.25) is 0 Å². The normalized spacial score (nSPS) is 11.0. The van der Waals surface area contributed by atoms with Gasteiger partial charge in [0, 0.05) is 21.0 Å². The van der Waals surface area contributed by atoms with Crippen LogP contribution in [0.1, 0.15) is 46.0 Å². The highest BCUT2D eigenvalue weighted by Crippen LogP contribution is 2.44. The van der Waals surface area contributed by atoms with Gasteiger partial charge >= 0.3 is 5.97 Å². The molecule has 4 aromatic rings. The minimum Gasteiger partial charge on any atom is -0.493 e. The molecule has 0 aliphatic heterocycles. The van der Waals surface area contributed by atoms with Crippen molar-refractivity contribution in [2.24, 2.45) is 0 Å². The highest BCUT2D eigenvalue weighted by Gasteiger charge is 2.23. The minimum absolute atomic E-state index is 0.0550. The molecule has 0 aliphatic rings. The number of carbonyl (C=O) groups excluding carboxylic acids is 2. The Bertz CT molecular complexity index is 1470. The zero-order chi connectivity index (χ0) is 26.0. The number of benzene rings is 3. The molecule has 0 fully saturated rings. The van der Waals surface area contributed by atoms with Crippen LogP contribution in [0.5, 0.6) is 17.4 Å². The van der Waals surface area contributed by atoms with E-state index in [-0.39, 0.29) is 11.7 Å². The lowest BCUT2D eigenvalue weighted by Crippen LogP contribution is -2.05. The van der Waals surface area contributed by atoms with Crippen molar-refractivity contribution in [2.45, 2.75) is 19.8 Å². The number of esters is 1. The van der Waals surface area contributed by atoms with Crippen molar-refractivity contribution in [1.29, 1.82) is 0 Å². The van der Waals surface area contributed by atoms with Crippen molar-refractivity contribution in [3.8, 4) is 28.5 Å². The van der Waals surface area contributed by atoms with Crippen LogP contribution in [-0.2, 0) is 4.74 Å². The van der Waals surface area contributed by atoms with Gasteiger partial charge in [-0.05, 0) is 75.4 Å². The molecule has 0 saturated carbocycles. The SMILES string of the molecule is COC(=O)c1ccc(Oc2nc3cc(Br)c(C=O)cc3c(-c3ccc(F)cc3)c2C(C)C)c(OC)c1. The van der Waals surface area contributed by atoms with Crippen molar-refractivity contribution >= 4 is 39.1 Å². The van der Waals surface area contributed by atoms with Gasteiger partial charge in [-0.2, -0.15) is 0 Å². The second-order valence-electron chi connectivity index (χ2n) is 8.34. The van der Waals surface area contributed by atoms with Gasteiger partial charge in [0.15, 0.2) is 17.8 Å². The lowest BCUT2D eigenvalue weighted by molar-refractivity contribution is 0.0600. The molecule has 0 atom stereocenters. The minimum atomic E-state index is -0.499. The van der Waals surface area contributed by atoms with Gasteiger partial charge in [0.2, 0.25) is 5.88 Å². The summed E-state index contributed by atoms with van der Waals surface area (Å²) in [5.74, 6) is 0.0996. The second kappa shape index (κ2) is 10.5. The molecule has 1 heterocycles. The van der Waals surface area contributed by atoms with Crippen LogP contribution < -0.4 is 9.47 Å². The molecular formula is C28H23BrFNO5. The van der Waals surface area contributed by atoms with Gasteiger partial charge in [-0.3, -0.25) is 4.79 Å². The Morgan fingerprint density at radius 3 is 2.36 bits per heavy atom. The predicted octanol–water partition coefficient (Wildman–Crippen LogP) is 7.33. The molecule has 0 aliphatic carbocycles. The maximum absolute atomic E-state index is 13.8. The molecule has 184 valence electrons. The molecule has 0 bridgehead atoms. The molecule has 6 nitrogen and oxygen atoms in total. The number of hydrogen-bond donors (Lipinski definition) is 0. The average Bonchev–Trinajstić information content (AvgIpc) is 2.87. The Balaban J connectivity index is 2.00. The van der Waals surface area contributed by atoms with Crippen molar-refractivity contribution < 1.29 is 28.2 Å². The Morgan fingerprint density at radius 2 is 1.75 bits per heavy atom.